The zero-order valence-electron chi connectivity index (χ0n) is 14.7. The van der Waals surface area contributed by atoms with Gasteiger partial charge >= 0.3 is 5.97 Å². The minimum Gasteiger partial charge on any atom is -0.449 e. The number of esters is 1. The molecule has 0 unspecified atom stereocenters. The molecule has 0 spiro atoms. The number of carbonyl (C=O) groups excluding carboxylic acids is 2. The second-order valence-corrected chi connectivity index (χ2v) is 7.11. The van der Waals surface area contributed by atoms with Crippen molar-refractivity contribution in [3.63, 3.8) is 0 Å². The average Bonchev–Trinajstić information content (AvgIpc) is 3.42. The van der Waals surface area contributed by atoms with Crippen LogP contribution >= 0.6 is 11.6 Å². The summed E-state index contributed by atoms with van der Waals surface area (Å²) in [5.74, 6) is -0.930. The number of halogens is 1. The molecule has 2 aromatic carbocycles. The number of ether oxygens (including phenoxy) is 1. The Hall–Kier alpha value is -2.79. The van der Waals surface area contributed by atoms with E-state index in [-0.39, 0.29) is 17.7 Å². The molecule has 1 N–H and O–H groups in total. The van der Waals surface area contributed by atoms with Gasteiger partial charge in [-0.05, 0) is 38.0 Å². The summed E-state index contributed by atoms with van der Waals surface area (Å²) in [6, 6.07) is 14.3. The molecule has 1 fully saturated rings. The molecule has 1 heterocycles. The molecule has 1 atom stereocenters. The molecule has 1 saturated carbocycles. The summed E-state index contributed by atoms with van der Waals surface area (Å²) < 4.78 is 11.2. The lowest BCUT2D eigenvalue weighted by molar-refractivity contribution is -0.130. The Labute approximate surface area is 161 Å². The number of hydrogen-bond donors (Lipinski definition) is 1. The quantitative estimate of drug-likeness (QED) is 0.655. The van der Waals surface area contributed by atoms with Crippen LogP contribution in [0.3, 0.4) is 0 Å². The van der Waals surface area contributed by atoms with Crippen LogP contribution in [-0.2, 0) is 9.53 Å². The Morgan fingerprint density at radius 1 is 1.19 bits per heavy atom. The highest BCUT2D eigenvalue weighted by atomic mass is 35.5. The Kier molecular flexibility index (Phi) is 4.62. The molecule has 0 radical (unpaired) electrons. The van der Waals surface area contributed by atoms with Gasteiger partial charge in [-0.25, -0.2) is 4.79 Å². The van der Waals surface area contributed by atoms with E-state index >= 15 is 0 Å². The Morgan fingerprint density at radius 2 is 1.93 bits per heavy atom. The van der Waals surface area contributed by atoms with Gasteiger partial charge in [-0.2, -0.15) is 0 Å². The van der Waals surface area contributed by atoms with E-state index in [1.165, 1.54) is 0 Å². The number of furan rings is 1. The topological polar surface area (TPSA) is 68.5 Å². The van der Waals surface area contributed by atoms with Crippen LogP contribution in [-0.4, -0.2) is 17.9 Å². The summed E-state index contributed by atoms with van der Waals surface area (Å²) in [5.41, 5.74) is 1.79. The minimum atomic E-state index is -1.03. The van der Waals surface area contributed by atoms with Crippen molar-refractivity contribution in [3.05, 3.63) is 70.4 Å². The molecule has 6 heteroatoms. The third kappa shape index (κ3) is 3.69. The van der Waals surface area contributed by atoms with Crippen LogP contribution in [0.2, 0.25) is 5.02 Å². The highest BCUT2D eigenvalue weighted by Crippen LogP contribution is 2.30. The van der Waals surface area contributed by atoms with Gasteiger partial charge in [-0.1, -0.05) is 41.9 Å². The molecule has 1 aromatic heterocycles. The number of nitrogens with one attached hydrogen (secondary N) is 1. The zero-order valence-corrected chi connectivity index (χ0v) is 15.5. The van der Waals surface area contributed by atoms with E-state index < -0.39 is 12.1 Å². The van der Waals surface area contributed by atoms with Crippen LogP contribution in [0, 0.1) is 6.92 Å². The fourth-order valence-electron chi connectivity index (χ4n) is 2.95. The second kappa shape index (κ2) is 7.08. The maximum absolute atomic E-state index is 12.8. The van der Waals surface area contributed by atoms with Crippen molar-refractivity contribution < 1.29 is 18.7 Å². The molecule has 1 aliphatic carbocycles. The van der Waals surface area contributed by atoms with Gasteiger partial charge in [-0.15, -0.1) is 0 Å². The van der Waals surface area contributed by atoms with Crippen LogP contribution < -0.4 is 5.32 Å². The van der Waals surface area contributed by atoms with Gasteiger partial charge in [0.25, 0.3) is 5.91 Å². The number of amides is 1. The number of fused-ring (bicyclic) bond motifs is 1. The smallest absolute Gasteiger partial charge is 0.375 e. The van der Waals surface area contributed by atoms with Crippen molar-refractivity contribution in [1.29, 1.82) is 0 Å². The van der Waals surface area contributed by atoms with Crippen molar-refractivity contribution in [2.45, 2.75) is 31.9 Å². The normalized spacial score (nSPS) is 14.7. The van der Waals surface area contributed by atoms with Gasteiger partial charge in [0, 0.05) is 27.6 Å². The SMILES string of the molecule is Cc1c(C(=O)O[C@H](C(=O)NC2CC2)c2ccccc2)oc2ccc(Cl)cc12. The molecule has 4 rings (SSSR count). The number of rotatable bonds is 5. The zero-order chi connectivity index (χ0) is 19.0. The first-order valence-electron chi connectivity index (χ1n) is 8.78. The first-order chi connectivity index (χ1) is 13.0. The molecular formula is C21H18ClNO4. The van der Waals surface area contributed by atoms with Gasteiger partial charge in [-0.3, -0.25) is 4.79 Å². The summed E-state index contributed by atoms with van der Waals surface area (Å²) in [4.78, 5) is 25.4. The highest BCUT2D eigenvalue weighted by Gasteiger charge is 2.32. The standard InChI is InChI=1S/C21H18ClNO4/c1-12-16-11-14(22)7-10-17(16)26-18(12)21(25)27-19(13-5-3-2-4-6-13)20(24)23-15-8-9-15/h2-7,10-11,15,19H,8-9H2,1H3,(H,23,24)/t19-/m0/s1. The lowest BCUT2D eigenvalue weighted by Gasteiger charge is -2.17. The summed E-state index contributed by atoms with van der Waals surface area (Å²) in [6.07, 6.45) is 0.866. The maximum atomic E-state index is 12.8. The van der Waals surface area contributed by atoms with E-state index in [2.05, 4.69) is 5.32 Å². The first-order valence-corrected chi connectivity index (χ1v) is 9.15. The van der Waals surface area contributed by atoms with Crippen LogP contribution in [0.25, 0.3) is 11.0 Å². The molecule has 5 nitrogen and oxygen atoms in total. The molecule has 1 amide bonds. The van der Waals surface area contributed by atoms with E-state index in [1.807, 2.05) is 6.07 Å². The maximum Gasteiger partial charge on any atom is 0.375 e. The average molecular weight is 384 g/mol. The van der Waals surface area contributed by atoms with Crippen LogP contribution in [0.1, 0.15) is 40.6 Å². The van der Waals surface area contributed by atoms with E-state index in [9.17, 15) is 9.59 Å². The summed E-state index contributed by atoms with van der Waals surface area (Å²) >= 11 is 6.03. The van der Waals surface area contributed by atoms with E-state index in [4.69, 9.17) is 20.8 Å². The first kappa shape index (κ1) is 17.6. The minimum absolute atomic E-state index is 0.0763. The predicted octanol–water partition coefficient (Wildman–Crippen LogP) is 4.57. The molecule has 3 aromatic rings. The van der Waals surface area contributed by atoms with Crippen molar-refractivity contribution in [2.24, 2.45) is 0 Å². The number of carbonyl (C=O) groups is 2. The van der Waals surface area contributed by atoms with Crippen molar-refractivity contribution in [2.75, 3.05) is 0 Å². The van der Waals surface area contributed by atoms with E-state index in [0.717, 1.165) is 18.2 Å². The van der Waals surface area contributed by atoms with Gasteiger partial charge < -0.3 is 14.5 Å². The van der Waals surface area contributed by atoms with E-state index in [1.54, 1.807) is 49.4 Å². The number of hydrogen-bond acceptors (Lipinski definition) is 4. The molecule has 0 aliphatic heterocycles. The number of aryl methyl sites for hydroxylation is 1. The Morgan fingerprint density at radius 3 is 2.63 bits per heavy atom. The van der Waals surface area contributed by atoms with E-state index in [0.29, 0.717) is 21.7 Å². The fourth-order valence-corrected chi connectivity index (χ4v) is 3.13. The van der Waals surface area contributed by atoms with Crippen molar-refractivity contribution >= 4 is 34.4 Å². The summed E-state index contributed by atoms with van der Waals surface area (Å²) in [6.45, 7) is 1.76. The third-order valence-corrected chi connectivity index (χ3v) is 4.81. The van der Waals surface area contributed by atoms with Gasteiger partial charge in [0.1, 0.15) is 5.58 Å². The monoisotopic (exact) mass is 383 g/mol. The van der Waals surface area contributed by atoms with Crippen molar-refractivity contribution in [3.8, 4) is 0 Å². The second-order valence-electron chi connectivity index (χ2n) is 6.68. The fraction of sp³-hybridized carbons (Fsp3) is 0.238. The van der Waals surface area contributed by atoms with Crippen LogP contribution in [0.4, 0.5) is 0 Å². The Balaban J connectivity index is 1.63. The molecule has 27 heavy (non-hydrogen) atoms. The largest absolute Gasteiger partial charge is 0.449 e. The van der Waals surface area contributed by atoms with Gasteiger partial charge in [0.05, 0.1) is 0 Å². The molecular weight excluding hydrogens is 366 g/mol. The molecule has 1 aliphatic rings. The summed E-state index contributed by atoms with van der Waals surface area (Å²) in [5, 5.41) is 4.19. The molecule has 0 bridgehead atoms. The predicted molar refractivity (Wildman–Crippen MR) is 102 cm³/mol. The lowest BCUT2D eigenvalue weighted by Crippen LogP contribution is -2.33. The van der Waals surface area contributed by atoms with Gasteiger partial charge in [0.15, 0.2) is 0 Å². The van der Waals surface area contributed by atoms with Crippen LogP contribution in [0.5, 0.6) is 0 Å². The molecule has 0 saturated heterocycles. The Bertz CT molecular complexity index is 1010. The van der Waals surface area contributed by atoms with Gasteiger partial charge in [0.2, 0.25) is 11.9 Å². The highest BCUT2D eigenvalue weighted by molar-refractivity contribution is 6.31. The summed E-state index contributed by atoms with van der Waals surface area (Å²) in [7, 11) is 0. The van der Waals surface area contributed by atoms with Crippen LogP contribution in [0.15, 0.2) is 52.9 Å². The lowest BCUT2D eigenvalue weighted by atomic mass is 10.1. The third-order valence-electron chi connectivity index (χ3n) is 4.57. The number of benzene rings is 2. The van der Waals surface area contributed by atoms with Crippen molar-refractivity contribution in [1.82, 2.24) is 5.32 Å². The molecule has 138 valence electrons.